The number of piperidine rings is 1. The van der Waals surface area contributed by atoms with E-state index in [1.165, 1.54) is 6.42 Å². The van der Waals surface area contributed by atoms with Gasteiger partial charge in [-0.05, 0) is 55.7 Å². The molecule has 1 aliphatic rings. The van der Waals surface area contributed by atoms with Crippen molar-refractivity contribution in [3.63, 3.8) is 0 Å². The predicted octanol–water partition coefficient (Wildman–Crippen LogP) is 3.37. The van der Waals surface area contributed by atoms with E-state index in [1.54, 1.807) is 12.3 Å². The number of amidine groups is 1. The SMILES string of the molecule is N/C(=N\OCC(=O)Nc1ccc(C(F)(F)F)cc1)c1ccc(N2CCCCC2)nc1. The van der Waals surface area contributed by atoms with Crippen molar-refractivity contribution in [2.45, 2.75) is 25.4 Å². The normalized spacial score (nSPS) is 15.0. The summed E-state index contributed by atoms with van der Waals surface area (Å²) >= 11 is 0. The second-order valence-electron chi connectivity index (χ2n) is 6.83. The zero-order valence-corrected chi connectivity index (χ0v) is 16.2. The number of oxime groups is 1. The second kappa shape index (κ2) is 9.47. The van der Waals surface area contributed by atoms with E-state index < -0.39 is 24.3 Å². The van der Waals surface area contributed by atoms with Crippen LogP contribution in [-0.2, 0) is 15.8 Å². The molecule has 1 amide bonds. The Labute approximate surface area is 171 Å². The fraction of sp³-hybridized carbons (Fsp3) is 0.350. The molecule has 1 fully saturated rings. The Morgan fingerprint density at radius 2 is 1.83 bits per heavy atom. The fourth-order valence-electron chi connectivity index (χ4n) is 3.00. The lowest BCUT2D eigenvalue weighted by Gasteiger charge is -2.27. The molecule has 10 heteroatoms. The molecule has 0 saturated carbocycles. The number of amides is 1. The average molecular weight is 421 g/mol. The molecular formula is C20H22F3N5O2. The molecule has 160 valence electrons. The number of carbonyl (C=O) groups is 1. The zero-order valence-electron chi connectivity index (χ0n) is 16.2. The summed E-state index contributed by atoms with van der Waals surface area (Å²) in [4.78, 5) is 23.4. The molecule has 1 aromatic carbocycles. The van der Waals surface area contributed by atoms with Crippen molar-refractivity contribution < 1.29 is 22.8 Å². The number of aromatic nitrogens is 1. The topological polar surface area (TPSA) is 92.8 Å². The molecule has 30 heavy (non-hydrogen) atoms. The number of carbonyl (C=O) groups excluding carboxylic acids is 1. The number of nitrogens with two attached hydrogens (primary N) is 1. The van der Waals surface area contributed by atoms with Crippen molar-refractivity contribution in [1.82, 2.24) is 4.98 Å². The summed E-state index contributed by atoms with van der Waals surface area (Å²) in [5.41, 5.74) is 5.82. The number of alkyl halides is 3. The van der Waals surface area contributed by atoms with Crippen molar-refractivity contribution in [2.24, 2.45) is 10.9 Å². The molecule has 3 rings (SSSR count). The van der Waals surface area contributed by atoms with E-state index in [0.29, 0.717) is 5.56 Å². The van der Waals surface area contributed by atoms with Gasteiger partial charge in [0.1, 0.15) is 5.82 Å². The van der Waals surface area contributed by atoms with Gasteiger partial charge in [-0.3, -0.25) is 4.79 Å². The summed E-state index contributed by atoms with van der Waals surface area (Å²) in [5.74, 6) is 0.364. The summed E-state index contributed by atoms with van der Waals surface area (Å²) in [7, 11) is 0. The molecule has 1 aliphatic heterocycles. The standard InChI is InChI=1S/C20H22F3N5O2/c21-20(22,23)15-5-7-16(8-6-15)26-18(29)13-30-27-19(24)14-4-9-17(25-12-14)28-10-2-1-3-11-28/h4-9,12H,1-3,10-11,13H2,(H2,24,27)(H,26,29). The van der Waals surface area contributed by atoms with Gasteiger partial charge in [-0.1, -0.05) is 5.16 Å². The fourth-order valence-corrected chi connectivity index (χ4v) is 3.00. The Morgan fingerprint density at radius 1 is 1.13 bits per heavy atom. The van der Waals surface area contributed by atoms with Crippen molar-refractivity contribution >= 4 is 23.2 Å². The number of benzene rings is 1. The van der Waals surface area contributed by atoms with Crippen LogP contribution in [0, 0.1) is 0 Å². The van der Waals surface area contributed by atoms with Gasteiger partial charge in [-0.15, -0.1) is 0 Å². The molecule has 2 heterocycles. The quantitative estimate of drug-likeness (QED) is 0.424. The van der Waals surface area contributed by atoms with Crippen LogP contribution >= 0.6 is 0 Å². The summed E-state index contributed by atoms with van der Waals surface area (Å²) in [5, 5.41) is 6.11. The van der Waals surface area contributed by atoms with Crippen molar-refractivity contribution in [2.75, 3.05) is 29.9 Å². The Kier molecular flexibility index (Phi) is 6.76. The zero-order chi connectivity index (χ0) is 21.6. The highest BCUT2D eigenvalue weighted by Crippen LogP contribution is 2.29. The molecule has 0 radical (unpaired) electrons. The van der Waals surface area contributed by atoms with Crippen molar-refractivity contribution in [3.05, 3.63) is 53.7 Å². The molecule has 2 aromatic rings. The Balaban J connectivity index is 1.48. The van der Waals surface area contributed by atoms with Gasteiger partial charge < -0.3 is 20.8 Å². The first-order chi connectivity index (χ1) is 14.3. The Bertz CT molecular complexity index is 877. The van der Waals surface area contributed by atoms with Crippen LogP contribution in [-0.4, -0.2) is 36.4 Å². The van der Waals surface area contributed by atoms with Crippen LogP contribution in [0.3, 0.4) is 0 Å². The van der Waals surface area contributed by atoms with Gasteiger partial charge >= 0.3 is 6.18 Å². The molecule has 0 unspecified atom stereocenters. The van der Waals surface area contributed by atoms with E-state index >= 15 is 0 Å². The van der Waals surface area contributed by atoms with Crippen LogP contribution in [0.1, 0.15) is 30.4 Å². The van der Waals surface area contributed by atoms with Crippen LogP contribution in [0.15, 0.2) is 47.8 Å². The lowest BCUT2D eigenvalue weighted by Crippen LogP contribution is -2.30. The predicted molar refractivity (Wildman–Crippen MR) is 107 cm³/mol. The monoisotopic (exact) mass is 421 g/mol. The summed E-state index contributed by atoms with van der Waals surface area (Å²) in [6.07, 6.45) is 0.690. The van der Waals surface area contributed by atoms with E-state index in [4.69, 9.17) is 10.6 Å². The minimum Gasteiger partial charge on any atom is -0.384 e. The maximum Gasteiger partial charge on any atom is 0.416 e. The van der Waals surface area contributed by atoms with Gasteiger partial charge in [-0.2, -0.15) is 13.2 Å². The van der Waals surface area contributed by atoms with E-state index in [9.17, 15) is 18.0 Å². The van der Waals surface area contributed by atoms with E-state index in [1.807, 2.05) is 6.07 Å². The highest BCUT2D eigenvalue weighted by atomic mass is 19.4. The van der Waals surface area contributed by atoms with Crippen LogP contribution in [0.25, 0.3) is 0 Å². The first-order valence-electron chi connectivity index (χ1n) is 9.47. The summed E-state index contributed by atoms with van der Waals surface area (Å²) in [6.45, 7) is 1.52. The van der Waals surface area contributed by atoms with Gasteiger partial charge in [0.2, 0.25) is 0 Å². The maximum absolute atomic E-state index is 12.5. The number of nitrogens with zero attached hydrogens (tertiary/aromatic N) is 3. The molecule has 0 bridgehead atoms. The molecule has 7 nitrogen and oxygen atoms in total. The number of nitrogens with one attached hydrogen (secondary N) is 1. The number of halogens is 3. The summed E-state index contributed by atoms with van der Waals surface area (Å²) < 4.78 is 37.6. The lowest BCUT2D eigenvalue weighted by molar-refractivity contribution is -0.137. The smallest absolute Gasteiger partial charge is 0.384 e. The number of hydrogen-bond donors (Lipinski definition) is 2. The Morgan fingerprint density at radius 3 is 2.43 bits per heavy atom. The third kappa shape index (κ3) is 5.85. The van der Waals surface area contributed by atoms with Crippen LogP contribution in [0.5, 0.6) is 0 Å². The first kappa shape index (κ1) is 21.4. The number of hydrogen-bond acceptors (Lipinski definition) is 5. The average Bonchev–Trinajstić information content (AvgIpc) is 2.74. The highest BCUT2D eigenvalue weighted by Gasteiger charge is 2.30. The maximum atomic E-state index is 12.5. The van der Waals surface area contributed by atoms with E-state index in [2.05, 4.69) is 20.4 Å². The minimum atomic E-state index is -4.43. The van der Waals surface area contributed by atoms with Crippen LogP contribution in [0.4, 0.5) is 24.7 Å². The van der Waals surface area contributed by atoms with Gasteiger partial charge in [0.15, 0.2) is 12.4 Å². The molecule has 0 atom stereocenters. The molecule has 3 N–H and O–H groups in total. The van der Waals surface area contributed by atoms with Crippen molar-refractivity contribution in [3.8, 4) is 0 Å². The van der Waals surface area contributed by atoms with Crippen molar-refractivity contribution in [1.29, 1.82) is 0 Å². The number of anilines is 2. The Hall–Kier alpha value is -3.30. The third-order valence-electron chi connectivity index (χ3n) is 4.58. The molecular weight excluding hydrogens is 399 g/mol. The second-order valence-corrected chi connectivity index (χ2v) is 6.83. The minimum absolute atomic E-state index is 0.0648. The van der Waals surface area contributed by atoms with Crippen LogP contribution < -0.4 is 16.0 Å². The van der Waals surface area contributed by atoms with Crippen LogP contribution in [0.2, 0.25) is 0 Å². The van der Waals surface area contributed by atoms with E-state index in [0.717, 1.165) is 56.0 Å². The van der Waals surface area contributed by atoms with E-state index in [-0.39, 0.29) is 11.5 Å². The highest BCUT2D eigenvalue weighted by molar-refractivity contribution is 5.97. The lowest BCUT2D eigenvalue weighted by atomic mass is 10.1. The molecule has 1 aromatic heterocycles. The molecule has 0 aliphatic carbocycles. The molecule has 0 spiro atoms. The van der Waals surface area contributed by atoms with Gasteiger partial charge in [-0.25, -0.2) is 4.98 Å². The number of pyridine rings is 1. The largest absolute Gasteiger partial charge is 0.416 e. The summed E-state index contributed by atoms with van der Waals surface area (Å²) in [6, 6.07) is 7.73. The number of rotatable bonds is 6. The molecule has 1 saturated heterocycles. The van der Waals surface area contributed by atoms with Gasteiger partial charge in [0.25, 0.3) is 5.91 Å². The van der Waals surface area contributed by atoms with Gasteiger partial charge in [0.05, 0.1) is 5.56 Å². The van der Waals surface area contributed by atoms with Gasteiger partial charge in [0, 0.05) is 30.5 Å². The third-order valence-corrected chi connectivity index (χ3v) is 4.58. The first-order valence-corrected chi connectivity index (χ1v) is 9.47.